The summed E-state index contributed by atoms with van der Waals surface area (Å²) in [4.78, 5) is 29.4. The van der Waals surface area contributed by atoms with E-state index in [2.05, 4.69) is 15.6 Å². The molecule has 0 bridgehead atoms. The van der Waals surface area contributed by atoms with Crippen LogP contribution in [0.5, 0.6) is 5.88 Å². The summed E-state index contributed by atoms with van der Waals surface area (Å²) in [5.41, 5.74) is 0.470. The summed E-state index contributed by atoms with van der Waals surface area (Å²) >= 11 is 0. The molecule has 7 nitrogen and oxygen atoms in total. The number of carbonyl (C=O) groups excluding carboxylic acids is 2. The molecule has 0 unspecified atom stereocenters. The van der Waals surface area contributed by atoms with E-state index in [0.717, 1.165) is 13.0 Å². The fourth-order valence-electron chi connectivity index (χ4n) is 1.95. The molecule has 1 aromatic rings. The second-order valence-electron chi connectivity index (χ2n) is 4.44. The maximum atomic E-state index is 12.0. The summed E-state index contributed by atoms with van der Waals surface area (Å²) in [6, 6.07) is 3.26. The summed E-state index contributed by atoms with van der Waals surface area (Å²) in [7, 11) is 1.51. The Morgan fingerprint density at radius 2 is 2.20 bits per heavy atom. The van der Waals surface area contributed by atoms with Crippen LogP contribution in [0.4, 0.5) is 5.69 Å². The molecule has 0 spiro atoms. The molecule has 0 aliphatic carbocycles. The Hall–Kier alpha value is -2.15. The van der Waals surface area contributed by atoms with Crippen LogP contribution in [-0.2, 0) is 9.59 Å². The summed E-state index contributed by atoms with van der Waals surface area (Å²) in [6.07, 6.45) is 2.30. The van der Waals surface area contributed by atoms with E-state index < -0.39 is 11.8 Å². The molecule has 1 aliphatic heterocycles. The fraction of sp³-hybridized carbons (Fsp3) is 0.462. The molecule has 2 amide bonds. The second-order valence-corrected chi connectivity index (χ2v) is 4.44. The molecule has 0 radical (unpaired) electrons. The molecule has 1 aliphatic rings. The summed E-state index contributed by atoms with van der Waals surface area (Å²) < 4.78 is 4.92. The Balaban J connectivity index is 1.94. The fourth-order valence-corrected chi connectivity index (χ4v) is 1.95. The molecule has 20 heavy (non-hydrogen) atoms. The Kier molecular flexibility index (Phi) is 4.89. The van der Waals surface area contributed by atoms with E-state index in [0.29, 0.717) is 31.2 Å². The van der Waals surface area contributed by atoms with Gasteiger partial charge in [0.15, 0.2) is 0 Å². The number of nitrogens with one attached hydrogen (secondary N) is 2. The highest BCUT2D eigenvalue weighted by molar-refractivity contribution is 6.39. The first kappa shape index (κ1) is 14.3. The van der Waals surface area contributed by atoms with Crippen molar-refractivity contribution in [2.24, 2.45) is 0 Å². The van der Waals surface area contributed by atoms with Crippen molar-refractivity contribution in [3.8, 4) is 5.88 Å². The van der Waals surface area contributed by atoms with Gasteiger partial charge >= 0.3 is 11.8 Å². The van der Waals surface area contributed by atoms with Gasteiger partial charge in [-0.25, -0.2) is 4.98 Å². The minimum Gasteiger partial charge on any atom is -0.481 e. The molecule has 2 heterocycles. The zero-order chi connectivity index (χ0) is 14.4. The third-order valence-electron chi connectivity index (χ3n) is 3.02. The van der Waals surface area contributed by atoms with Crippen molar-refractivity contribution in [2.75, 3.05) is 38.6 Å². The number of hydrogen-bond donors (Lipinski definition) is 2. The van der Waals surface area contributed by atoms with Crippen molar-refractivity contribution < 1.29 is 14.3 Å². The van der Waals surface area contributed by atoms with Crippen molar-refractivity contribution in [3.63, 3.8) is 0 Å². The largest absolute Gasteiger partial charge is 0.481 e. The normalized spacial score (nSPS) is 15.3. The number of anilines is 1. The van der Waals surface area contributed by atoms with Crippen molar-refractivity contribution in [2.45, 2.75) is 6.42 Å². The first-order chi connectivity index (χ1) is 9.70. The Labute approximate surface area is 117 Å². The molecule has 1 fully saturated rings. The molecular formula is C13H18N4O3. The van der Waals surface area contributed by atoms with Gasteiger partial charge in [0.1, 0.15) is 0 Å². The minimum absolute atomic E-state index is 0.452. The van der Waals surface area contributed by atoms with E-state index in [1.54, 1.807) is 17.0 Å². The monoisotopic (exact) mass is 278 g/mol. The zero-order valence-electron chi connectivity index (χ0n) is 11.4. The third kappa shape index (κ3) is 3.67. The van der Waals surface area contributed by atoms with Crippen molar-refractivity contribution in [1.29, 1.82) is 0 Å². The van der Waals surface area contributed by atoms with Crippen LogP contribution in [-0.4, -0.2) is 55.0 Å². The number of rotatable bonds is 2. The number of ether oxygens (including phenoxy) is 1. The van der Waals surface area contributed by atoms with E-state index in [1.807, 2.05) is 0 Å². The van der Waals surface area contributed by atoms with Crippen LogP contribution >= 0.6 is 0 Å². The molecule has 0 atom stereocenters. The highest BCUT2D eigenvalue weighted by atomic mass is 16.5. The van der Waals surface area contributed by atoms with Gasteiger partial charge in [0, 0.05) is 25.7 Å². The SMILES string of the molecule is COc1ccc(NC(=O)C(=O)N2CCCNCC2)cn1. The molecular weight excluding hydrogens is 260 g/mol. The third-order valence-corrected chi connectivity index (χ3v) is 3.02. The standard InChI is InChI=1S/C13H18N4O3/c1-20-11-4-3-10(9-15-11)16-12(18)13(19)17-7-2-5-14-6-8-17/h3-4,9,14H,2,5-8H2,1H3,(H,16,18). The maximum absolute atomic E-state index is 12.0. The van der Waals surface area contributed by atoms with Gasteiger partial charge in [-0.1, -0.05) is 0 Å². The van der Waals surface area contributed by atoms with Gasteiger partial charge in [-0.05, 0) is 19.0 Å². The maximum Gasteiger partial charge on any atom is 0.313 e. The quantitative estimate of drug-likeness (QED) is 0.735. The lowest BCUT2D eigenvalue weighted by atomic mass is 10.3. The predicted octanol–water partition coefficient (Wildman–Crippen LogP) is -0.149. The highest BCUT2D eigenvalue weighted by Gasteiger charge is 2.22. The van der Waals surface area contributed by atoms with Crippen LogP contribution in [0.1, 0.15) is 6.42 Å². The summed E-state index contributed by atoms with van der Waals surface area (Å²) in [5.74, 6) is -0.698. The van der Waals surface area contributed by atoms with Gasteiger partial charge in [-0.3, -0.25) is 9.59 Å². The van der Waals surface area contributed by atoms with Crippen molar-refractivity contribution in [3.05, 3.63) is 18.3 Å². The van der Waals surface area contributed by atoms with E-state index in [9.17, 15) is 9.59 Å². The number of aromatic nitrogens is 1. The first-order valence-electron chi connectivity index (χ1n) is 6.51. The van der Waals surface area contributed by atoms with Crippen LogP contribution in [0.3, 0.4) is 0 Å². The van der Waals surface area contributed by atoms with Gasteiger partial charge < -0.3 is 20.3 Å². The van der Waals surface area contributed by atoms with Gasteiger partial charge in [-0.15, -0.1) is 0 Å². The molecule has 2 rings (SSSR count). The summed E-state index contributed by atoms with van der Waals surface area (Å²) in [5, 5.41) is 5.73. The minimum atomic E-state index is -0.640. The van der Waals surface area contributed by atoms with Gasteiger partial charge in [-0.2, -0.15) is 0 Å². The van der Waals surface area contributed by atoms with E-state index in [4.69, 9.17) is 4.74 Å². The van der Waals surface area contributed by atoms with Crippen molar-refractivity contribution >= 4 is 17.5 Å². The van der Waals surface area contributed by atoms with E-state index in [-0.39, 0.29) is 0 Å². The topological polar surface area (TPSA) is 83.6 Å². The Bertz CT molecular complexity index is 467. The van der Waals surface area contributed by atoms with Crippen LogP contribution in [0.25, 0.3) is 0 Å². The first-order valence-corrected chi connectivity index (χ1v) is 6.51. The smallest absolute Gasteiger partial charge is 0.313 e. The number of hydrogen-bond acceptors (Lipinski definition) is 5. The van der Waals surface area contributed by atoms with Gasteiger partial charge in [0.2, 0.25) is 5.88 Å². The van der Waals surface area contributed by atoms with Crippen LogP contribution in [0, 0.1) is 0 Å². The molecule has 0 saturated carbocycles. The average molecular weight is 278 g/mol. The van der Waals surface area contributed by atoms with Gasteiger partial charge in [0.25, 0.3) is 0 Å². The molecule has 2 N–H and O–H groups in total. The van der Waals surface area contributed by atoms with E-state index in [1.165, 1.54) is 13.3 Å². The number of pyridine rings is 1. The van der Waals surface area contributed by atoms with E-state index >= 15 is 0 Å². The number of methoxy groups -OCH3 is 1. The summed E-state index contributed by atoms with van der Waals surface area (Å²) in [6.45, 7) is 2.73. The molecule has 1 saturated heterocycles. The molecule has 108 valence electrons. The van der Waals surface area contributed by atoms with Gasteiger partial charge in [0.05, 0.1) is 19.0 Å². The lowest BCUT2D eigenvalue weighted by molar-refractivity contribution is -0.143. The lowest BCUT2D eigenvalue weighted by Crippen LogP contribution is -2.41. The molecule has 7 heteroatoms. The number of nitrogens with zero attached hydrogens (tertiary/aromatic N) is 2. The Morgan fingerprint density at radius 1 is 1.35 bits per heavy atom. The zero-order valence-corrected chi connectivity index (χ0v) is 11.4. The number of carbonyl (C=O) groups is 2. The van der Waals surface area contributed by atoms with Crippen LogP contribution in [0.2, 0.25) is 0 Å². The molecule has 1 aromatic heterocycles. The van der Waals surface area contributed by atoms with Crippen LogP contribution in [0.15, 0.2) is 18.3 Å². The highest BCUT2D eigenvalue weighted by Crippen LogP contribution is 2.11. The Morgan fingerprint density at radius 3 is 2.90 bits per heavy atom. The molecule has 0 aromatic carbocycles. The number of amides is 2. The lowest BCUT2D eigenvalue weighted by Gasteiger charge is -2.19. The second kappa shape index (κ2) is 6.85. The van der Waals surface area contributed by atoms with Crippen LogP contribution < -0.4 is 15.4 Å². The average Bonchev–Trinajstić information content (AvgIpc) is 2.76. The predicted molar refractivity (Wildman–Crippen MR) is 73.5 cm³/mol. The van der Waals surface area contributed by atoms with Crippen molar-refractivity contribution in [1.82, 2.24) is 15.2 Å².